The number of aromatic nitrogens is 2. The van der Waals surface area contributed by atoms with Crippen molar-refractivity contribution in [3.05, 3.63) is 63.4 Å². The van der Waals surface area contributed by atoms with Gasteiger partial charge in [-0.25, -0.2) is 0 Å². The Morgan fingerprint density at radius 3 is 2.64 bits per heavy atom. The Balaban J connectivity index is 2.74. The van der Waals surface area contributed by atoms with Gasteiger partial charge in [-0.2, -0.15) is 0 Å². The van der Waals surface area contributed by atoms with Crippen LogP contribution in [0.1, 0.15) is 0 Å². The van der Waals surface area contributed by atoms with Crippen LogP contribution in [0.4, 0.5) is 0 Å². The lowest BCUT2D eigenvalue weighted by Gasteiger charge is -2.01. The summed E-state index contributed by atoms with van der Waals surface area (Å²) < 4.78 is 1.30. The fraction of sp³-hybridized carbons (Fsp3) is 0. The Labute approximate surface area is 79.5 Å². The van der Waals surface area contributed by atoms with E-state index in [2.05, 4.69) is 4.98 Å². The second-order valence-corrected chi connectivity index (χ2v) is 2.79. The number of nitrogens with zero attached hydrogens (tertiary/aromatic N) is 1. The quantitative estimate of drug-likeness (QED) is 0.709. The van der Waals surface area contributed by atoms with Gasteiger partial charge in [0.25, 0.3) is 11.1 Å². The summed E-state index contributed by atoms with van der Waals surface area (Å²) in [5.74, 6) is 0. The third kappa shape index (κ3) is 1.37. The zero-order valence-electron chi connectivity index (χ0n) is 7.31. The fourth-order valence-corrected chi connectivity index (χ4v) is 1.23. The summed E-state index contributed by atoms with van der Waals surface area (Å²) >= 11 is 0. The van der Waals surface area contributed by atoms with E-state index >= 15 is 0 Å². The zero-order chi connectivity index (χ0) is 9.97. The lowest BCUT2D eigenvalue weighted by atomic mass is 10.4. The maximum Gasteiger partial charge on any atom is 0.272 e. The first-order valence-corrected chi connectivity index (χ1v) is 4.15. The minimum Gasteiger partial charge on any atom is -0.327 e. The van der Waals surface area contributed by atoms with Crippen molar-refractivity contribution in [2.75, 3.05) is 0 Å². The van der Waals surface area contributed by atoms with E-state index in [1.807, 2.05) is 0 Å². The summed E-state index contributed by atoms with van der Waals surface area (Å²) in [6.07, 6.45) is 3.09. The maximum absolute atomic E-state index is 11.4. The second-order valence-electron chi connectivity index (χ2n) is 2.79. The Morgan fingerprint density at radius 2 is 1.93 bits per heavy atom. The Morgan fingerprint density at radius 1 is 1.07 bits per heavy atom. The first-order chi connectivity index (χ1) is 6.79. The van der Waals surface area contributed by atoms with Crippen LogP contribution in [0.5, 0.6) is 0 Å². The molecule has 2 aromatic heterocycles. The molecule has 70 valence electrons. The number of rotatable bonds is 1. The minimum atomic E-state index is -0.277. The van der Waals surface area contributed by atoms with Gasteiger partial charge in [-0.05, 0) is 18.2 Å². The van der Waals surface area contributed by atoms with E-state index < -0.39 is 0 Å². The Kier molecular flexibility index (Phi) is 2.02. The number of H-pyrrole nitrogens is 1. The monoisotopic (exact) mass is 188 g/mol. The highest BCUT2D eigenvalue weighted by Gasteiger charge is 2.00. The van der Waals surface area contributed by atoms with Crippen molar-refractivity contribution in [3.63, 3.8) is 0 Å². The van der Waals surface area contributed by atoms with Gasteiger partial charge < -0.3 is 4.98 Å². The molecule has 2 heterocycles. The molecule has 14 heavy (non-hydrogen) atoms. The summed E-state index contributed by atoms with van der Waals surface area (Å²) in [5, 5.41) is 0. The molecule has 0 aliphatic rings. The van der Waals surface area contributed by atoms with Gasteiger partial charge in [0.1, 0.15) is 5.69 Å². The van der Waals surface area contributed by atoms with Crippen LogP contribution in [0.3, 0.4) is 0 Å². The number of hydrogen-bond acceptors (Lipinski definition) is 2. The van der Waals surface area contributed by atoms with Crippen LogP contribution in [0, 0.1) is 0 Å². The molecular weight excluding hydrogens is 180 g/mol. The number of aromatic amines is 1. The van der Waals surface area contributed by atoms with Crippen LogP contribution in [0.15, 0.2) is 52.3 Å². The molecule has 0 fully saturated rings. The molecule has 0 saturated carbocycles. The van der Waals surface area contributed by atoms with Crippen molar-refractivity contribution in [2.45, 2.75) is 0 Å². The van der Waals surface area contributed by atoms with Gasteiger partial charge in [-0.3, -0.25) is 14.2 Å². The molecule has 0 amide bonds. The highest BCUT2D eigenvalue weighted by atomic mass is 16.1. The lowest BCUT2D eigenvalue weighted by Crippen LogP contribution is -2.23. The molecule has 0 aliphatic heterocycles. The molecule has 0 bridgehead atoms. The number of nitrogens with one attached hydrogen (secondary N) is 1. The van der Waals surface area contributed by atoms with Gasteiger partial charge in [0, 0.05) is 18.5 Å². The largest absolute Gasteiger partial charge is 0.327 e. The molecule has 2 aromatic rings. The van der Waals surface area contributed by atoms with Crippen molar-refractivity contribution >= 4 is 0 Å². The molecule has 1 N–H and O–H groups in total. The standard InChI is InChI=1S/C10H8N2O2/c13-9-5-1-2-7-12(9)8-4-3-6-11-10(8)14/h1-7H,(H,11,14). The fourth-order valence-electron chi connectivity index (χ4n) is 1.23. The maximum atomic E-state index is 11.4. The molecule has 2 rings (SSSR count). The predicted molar refractivity (Wildman–Crippen MR) is 52.7 cm³/mol. The van der Waals surface area contributed by atoms with Crippen LogP contribution in [-0.4, -0.2) is 9.55 Å². The van der Waals surface area contributed by atoms with Gasteiger partial charge in [-0.15, -0.1) is 0 Å². The van der Waals surface area contributed by atoms with Crippen molar-refractivity contribution < 1.29 is 0 Å². The second kappa shape index (κ2) is 3.33. The molecular formula is C10H8N2O2. The lowest BCUT2D eigenvalue weighted by molar-refractivity contribution is 0.960. The van der Waals surface area contributed by atoms with Gasteiger partial charge >= 0.3 is 0 Å². The van der Waals surface area contributed by atoms with E-state index in [-0.39, 0.29) is 11.1 Å². The first kappa shape index (κ1) is 8.50. The van der Waals surface area contributed by atoms with Crippen molar-refractivity contribution in [2.24, 2.45) is 0 Å². The van der Waals surface area contributed by atoms with E-state index in [9.17, 15) is 9.59 Å². The summed E-state index contributed by atoms with van der Waals surface area (Å²) in [7, 11) is 0. The highest BCUT2D eigenvalue weighted by molar-refractivity contribution is 5.28. The molecule has 0 aromatic carbocycles. The molecule has 0 radical (unpaired) electrons. The molecule has 0 atom stereocenters. The van der Waals surface area contributed by atoms with Crippen molar-refractivity contribution in [1.29, 1.82) is 0 Å². The topological polar surface area (TPSA) is 54.9 Å². The van der Waals surface area contributed by atoms with Crippen LogP contribution in [0.25, 0.3) is 5.69 Å². The van der Waals surface area contributed by atoms with E-state index in [1.54, 1.807) is 30.5 Å². The third-order valence-corrected chi connectivity index (χ3v) is 1.88. The minimum absolute atomic E-state index is 0.218. The van der Waals surface area contributed by atoms with E-state index in [4.69, 9.17) is 0 Å². The molecule has 4 heteroatoms. The predicted octanol–water partition coefficient (Wildman–Crippen LogP) is 0.526. The van der Waals surface area contributed by atoms with E-state index in [0.717, 1.165) is 0 Å². The van der Waals surface area contributed by atoms with E-state index in [1.165, 1.54) is 16.8 Å². The van der Waals surface area contributed by atoms with Crippen LogP contribution in [0.2, 0.25) is 0 Å². The van der Waals surface area contributed by atoms with Gasteiger partial charge in [-0.1, -0.05) is 6.07 Å². The van der Waals surface area contributed by atoms with Crippen molar-refractivity contribution in [3.8, 4) is 5.69 Å². The first-order valence-electron chi connectivity index (χ1n) is 4.15. The molecule has 0 spiro atoms. The molecule has 0 unspecified atom stereocenters. The summed E-state index contributed by atoms with van der Waals surface area (Å²) in [6, 6.07) is 8.02. The number of pyridine rings is 2. The summed E-state index contributed by atoms with van der Waals surface area (Å²) in [6.45, 7) is 0. The van der Waals surface area contributed by atoms with Gasteiger partial charge in [0.15, 0.2) is 0 Å². The summed E-state index contributed by atoms with van der Waals surface area (Å²) in [4.78, 5) is 25.2. The van der Waals surface area contributed by atoms with Crippen LogP contribution < -0.4 is 11.1 Å². The number of hydrogen-bond donors (Lipinski definition) is 1. The van der Waals surface area contributed by atoms with Crippen LogP contribution in [-0.2, 0) is 0 Å². The third-order valence-electron chi connectivity index (χ3n) is 1.88. The molecule has 4 nitrogen and oxygen atoms in total. The average molecular weight is 188 g/mol. The smallest absolute Gasteiger partial charge is 0.272 e. The van der Waals surface area contributed by atoms with Crippen molar-refractivity contribution in [1.82, 2.24) is 9.55 Å². The molecule has 0 saturated heterocycles. The van der Waals surface area contributed by atoms with Gasteiger partial charge in [0.05, 0.1) is 0 Å². The average Bonchev–Trinajstić information content (AvgIpc) is 2.20. The van der Waals surface area contributed by atoms with Crippen LogP contribution >= 0.6 is 0 Å². The summed E-state index contributed by atoms with van der Waals surface area (Å²) in [5.41, 5.74) is -0.164. The Hall–Kier alpha value is -2.10. The van der Waals surface area contributed by atoms with Gasteiger partial charge in [0.2, 0.25) is 0 Å². The van der Waals surface area contributed by atoms with E-state index in [0.29, 0.717) is 5.69 Å². The molecule has 0 aliphatic carbocycles. The normalized spacial score (nSPS) is 10.0. The zero-order valence-corrected chi connectivity index (χ0v) is 7.31. The SMILES string of the molecule is O=c1[nH]cccc1-n1ccccc1=O. The Bertz CT molecular complexity index is 503. The highest BCUT2D eigenvalue weighted by Crippen LogP contribution is 1.94.